The van der Waals surface area contributed by atoms with Gasteiger partial charge in [0.25, 0.3) is 0 Å². The fraction of sp³-hybridized carbons (Fsp3) is 0.111. The molecule has 0 unspecified atom stereocenters. The molecule has 6 nitrogen and oxygen atoms in total. The molecule has 0 saturated carbocycles. The second kappa shape index (κ2) is 7.09. The first-order valence-corrected chi connectivity index (χ1v) is 8.87. The van der Waals surface area contributed by atoms with Gasteiger partial charge < -0.3 is 4.52 Å². The third kappa shape index (κ3) is 3.23. The lowest BCUT2D eigenvalue weighted by atomic mass is 10.1. The van der Waals surface area contributed by atoms with E-state index in [0.717, 1.165) is 11.1 Å². The van der Waals surface area contributed by atoms with E-state index in [1.807, 2.05) is 31.2 Å². The van der Waals surface area contributed by atoms with E-state index < -0.39 is 0 Å². The van der Waals surface area contributed by atoms with Crippen LogP contribution in [0.2, 0.25) is 0 Å². The molecule has 0 atom stereocenters. The maximum Gasteiger partial charge on any atom is 0.237 e. The van der Waals surface area contributed by atoms with Crippen molar-refractivity contribution in [3.8, 4) is 17.1 Å². The molecule has 4 aromatic rings. The highest BCUT2D eigenvalue weighted by Crippen LogP contribution is 2.26. The monoisotopic (exact) mass is 367 g/mol. The second-order valence-electron chi connectivity index (χ2n) is 5.55. The Hall–Kier alpha value is -3.00. The minimum Gasteiger partial charge on any atom is -0.338 e. The number of halogens is 1. The summed E-state index contributed by atoms with van der Waals surface area (Å²) in [5, 5.41) is 12.5. The average molecular weight is 367 g/mol. The van der Waals surface area contributed by atoms with Crippen molar-refractivity contribution in [3.05, 3.63) is 72.1 Å². The van der Waals surface area contributed by atoms with Crippen LogP contribution in [0.1, 0.15) is 11.5 Å². The molecule has 0 amide bonds. The summed E-state index contributed by atoms with van der Waals surface area (Å²) in [6.45, 7) is 2.00. The molecular formula is C18H14FN5OS. The van der Waals surface area contributed by atoms with E-state index in [-0.39, 0.29) is 5.82 Å². The van der Waals surface area contributed by atoms with Crippen molar-refractivity contribution in [1.29, 1.82) is 0 Å². The summed E-state index contributed by atoms with van der Waals surface area (Å²) in [6, 6.07) is 14.3. The Morgan fingerprint density at radius 1 is 1.12 bits per heavy atom. The lowest BCUT2D eigenvalue weighted by Gasteiger charge is -2.05. The standard InChI is InChI=1S/C18H14FN5OS/c1-12-6-2-3-7-13(12)17-21-16(25-23-17)10-26-18-22-20-11-24(18)15-9-5-4-8-14(15)19/h2-9,11H,10H2,1H3. The molecule has 0 aliphatic carbocycles. The molecule has 2 aromatic carbocycles. The van der Waals surface area contributed by atoms with Gasteiger partial charge in [-0.1, -0.05) is 53.3 Å². The maximum atomic E-state index is 14.0. The Bertz CT molecular complexity index is 1050. The average Bonchev–Trinajstić information content (AvgIpc) is 3.30. The van der Waals surface area contributed by atoms with Crippen molar-refractivity contribution in [3.63, 3.8) is 0 Å². The quantitative estimate of drug-likeness (QED) is 0.496. The Morgan fingerprint density at radius 2 is 1.92 bits per heavy atom. The van der Waals surface area contributed by atoms with Gasteiger partial charge in [-0.05, 0) is 24.6 Å². The normalized spacial score (nSPS) is 11.0. The van der Waals surface area contributed by atoms with E-state index in [9.17, 15) is 4.39 Å². The molecule has 0 saturated heterocycles. The number of thioether (sulfide) groups is 1. The van der Waals surface area contributed by atoms with Crippen molar-refractivity contribution in [2.75, 3.05) is 0 Å². The minimum absolute atomic E-state index is 0.339. The first kappa shape index (κ1) is 16.5. The lowest BCUT2D eigenvalue weighted by molar-refractivity contribution is 0.391. The van der Waals surface area contributed by atoms with Gasteiger partial charge in [0.05, 0.1) is 11.4 Å². The van der Waals surface area contributed by atoms with Crippen LogP contribution in [0.5, 0.6) is 0 Å². The van der Waals surface area contributed by atoms with Gasteiger partial charge in [-0.2, -0.15) is 4.98 Å². The second-order valence-corrected chi connectivity index (χ2v) is 6.49. The van der Waals surface area contributed by atoms with E-state index >= 15 is 0 Å². The molecule has 0 radical (unpaired) electrons. The fourth-order valence-electron chi connectivity index (χ4n) is 2.51. The van der Waals surface area contributed by atoms with E-state index in [2.05, 4.69) is 20.3 Å². The van der Waals surface area contributed by atoms with Crippen LogP contribution in [-0.2, 0) is 5.75 Å². The number of aromatic nitrogens is 5. The molecule has 8 heteroatoms. The number of rotatable bonds is 5. The Morgan fingerprint density at radius 3 is 2.77 bits per heavy atom. The predicted molar refractivity (Wildman–Crippen MR) is 95.3 cm³/mol. The summed E-state index contributed by atoms with van der Waals surface area (Å²) in [6.07, 6.45) is 1.48. The molecule has 0 aliphatic heterocycles. The van der Waals surface area contributed by atoms with E-state index in [0.29, 0.717) is 28.3 Å². The summed E-state index contributed by atoms with van der Waals surface area (Å²) >= 11 is 1.35. The van der Waals surface area contributed by atoms with Gasteiger partial charge in [0, 0.05) is 5.56 Å². The first-order chi connectivity index (χ1) is 12.7. The van der Waals surface area contributed by atoms with Gasteiger partial charge in [-0.15, -0.1) is 10.2 Å². The molecule has 0 fully saturated rings. The predicted octanol–water partition coefficient (Wildman–Crippen LogP) is 4.06. The zero-order valence-corrected chi connectivity index (χ0v) is 14.7. The molecule has 0 aliphatic rings. The van der Waals surface area contributed by atoms with Crippen LogP contribution in [0, 0.1) is 12.7 Å². The smallest absolute Gasteiger partial charge is 0.237 e. The maximum absolute atomic E-state index is 14.0. The molecule has 2 aromatic heterocycles. The van der Waals surface area contributed by atoms with Gasteiger partial charge in [0.15, 0.2) is 5.16 Å². The Labute approximate surface area is 153 Å². The summed E-state index contributed by atoms with van der Waals surface area (Å²) in [4.78, 5) is 4.43. The van der Waals surface area contributed by atoms with Gasteiger partial charge in [0.2, 0.25) is 11.7 Å². The summed E-state index contributed by atoms with van der Waals surface area (Å²) in [7, 11) is 0. The molecule has 4 rings (SSSR count). The van der Waals surface area contributed by atoms with Gasteiger partial charge in [-0.25, -0.2) is 4.39 Å². The van der Waals surface area contributed by atoms with Crippen LogP contribution in [0.15, 0.2) is 64.5 Å². The molecule has 0 N–H and O–H groups in total. The summed E-state index contributed by atoms with van der Waals surface area (Å²) in [5.41, 5.74) is 2.40. The molecule has 0 spiro atoms. The van der Waals surface area contributed by atoms with Crippen molar-refractivity contribution in [2.24, 2.45) is 0 Å². The topological polar surface area (TPSA) is 69.6 Å². The molecule has 26 heavy (non-hydrogen) atoms. The van der Waals surface area contributed by atoms with Crippen molar-refractivity contribution < 1.29 is 8.91 Å². The fourth-order valence-corrected chi connectivity index (χ4v) is 3.27. The van der Waals surface area contributed by atoms with Crippen LogP contribution in [0.25, 0.3) is 17.1 Å². The summed E-state index contributed by atoms with van der Waals surface area (Å²) in [5.74, 6) is 1.09. The SMILES string of the molecule is Cc1ccccc1-c1noc(CSc2nncn2-c2ccccc2F)n1. The highest BCUT2D eigenvalue weighted by Gasteiger charge is 2.14. The molecular weight excluding hydrogens is 353 g/mol. The van der Waals surface area contributed by atoms with Crippen LogP contribution in [0.4, 0.5) is 4.39 Å². The summed E-state index contributed by atoms with van der Waals surface area (Å²) < 4.78 is 20.9. The van der Waals surface area contributed by atoms with Crippen LogP contribution < -0.4 is 0 Å². The molecule has 0 bridgehead atoms. The Balaban J connectivity index is 1.52. The van der Waals surface area contributed by atoms with Crippen LogP contribution >= 0.6 is 11.8 Å². The lowest BCUT2D eigenvalue weighted by Crippen LogP contribution is -1.98. The number of para-hydroxylation sites is 1. The third-order valence-corrected chi connectivity index (χ3v) is 4.74. The highest BCUT2D eigenvalue weighted by atomic mass is 32.2. The highest BCUT2D eigenvalue weighted by molar-refractivity contribution is 7.98. The van der Waals surface area contributed by atoms with Crippen LogP contribution in [0.3, 0.4) is 0 Å². The largest absolute Gasteiger partial charge is 0.338 e. The van der Waals surface area contributed by atoms with E-state index in [1.54, 1.807) is 22.8 Å². The van der Waals surface area contributed by atoms with Gasteiger partial charge >= 0.3 is 0 Å². The third-order valence-electron chi connectivity index (χ3n) is 3.81. The van der Waals surface area contributed by atoms with E-state index in [1.165, 1.54) is 24.2 Å². The zero-order chi connectivity index (χ0) is 17.9. The molecule has 130 valence electrons. The number of nitrogens with zero attached hydrogens (tertiary/aromatic N) is 5. The number of benzene rings is 2. The molecule has 2 heterocycles. The number of hydrogen-bond donors (Lipinski definition) is 0. The van der Waals surface area contributed by atoms with Crippen molar-refractivity contribution >= 4 is 11.8 Å². The van der Waals surface area contributed by atoms with Gasteiger partial charge in [0.1, 0.15) is 12.1 Å². The number of aryl methyl sites for hydroxylation is 1. The number of hydrogen-bond acceptors (Lipinski definition) is 6. The minimum atomic E-state index is -0.339. The van der Waals surface area contributed by atoms with Crippen molar-refractivity contribution in [1.82, 2.24) is 24.9 Å². The van der Waals surface area contributed by atoms with Crippen molar-refractivity contribution in [2.45, 2.75) is 17.8 Å². The first-order valence-electron chi connectivity index (χ1n) is 7.88. The van der Waals surface area contributed by atoms with Gasteiger partial charge in [-0.3, -0.25) is 4.57 Å². The van der Waals surface area contributed by atoms with E-state index in [4.69, 9.17) is 4.52 Å². The Kier molecular flexibility index (Phi) is 4.49. The van der Waals surface area contributed by atoms with Crippen LogP contribution in [-0.4, -0.2) is 24.9 Å². The zero-order valence-electron chi connectivity index (χ0n) is 13.8.